The zero-order valence-electron chi connectivity index (χ0n) is 15.3. The van der Waals surface area contributed by atoms with Crippen molar-refractivity contribution in [2.45, 2.75) is 51.5 Å². The van der Waals surface area contributed by atoms with E-state index < -0.39 is 0 Å². The molecule has 1 saturated carbocycles. The van der Waals surface area contributed by atoms with Gasteiger partial charge in [-0.25, -0.2) is 0 Å². The fourth-order valence-electron chi connectivity index (χ4n) is 4.17. The van der Waals surface area contributed by atoms with E-state index in [0.29, 0.717) is 5.92 Å². The predicted octanol–water partition coefficient (Wildman–Crippen LogP) is 5.47. The molecular weight excluding hydrogens is 306 g/mol. The molecule has 2 heteroatoms. The van der Waals surface area contributed by atoms with Gasteiger partial charge in [0.2, 0.25) is 5.91 Å². The Morgan fingerprint density at radius 1 is 0.880 bits per heavy atom. The maximum absolute atomic E-state index is 13.2. The van der Waals surface area contributed by atoms with Crippen molar-refractivity contribution in [2.24, 2.45) is 11.8 Å². The van der Waals surface area contributed by atoms with E-state index in [1.54, 1.807) is 0 Å². The van der Waals surface area contributed by atoms with Gasteiger partial charge in [0.25, 0.3) is 0 Å². The van der Waals surface area contributed by atoms with E-state index in [9.17, 15) is 4.79 Å². The molecule has 1 aliphatic carbocycles. The lowest BCUT2D eigenvalue weighted by atomic mass is 9.86. The fourth-order valence-corrected chi connectivity index (χ4v) is 4.17. The first-order valence-electron chi connectivity index (χ1n) is 9.57. The van der Waals surface area contributed by atoms with Crippen molar-refractivity contribution >= 4 is 5.91 Å². The summed E-state index contributed by atoms with van der Waals surface area (Å²) in [5.74, 6) is 0.869. The van der Waals surface area contributed by atoms with Crippen LogP contribution in [0.4, 0.5) is 0 Å². The third-order valence-electron chi connectivity index (χ3n) is 5.44. The highest BCUT2D eigenvalue weighted by molar-refractivity contribution is 5.84. The van der Waals surface area contributed by atoms with Gasteiger partial charge < -0.3 is 5.32 Å². The van der Waals surface area contributed by atoms with Crippen molar-refractivity contribution in [1.82, 2.24) is 5.32 Å². The molecule has 0 aliphatic heterocycles. The summed E-state index contributed by atoms with van der Waals surface area (Å²) in [6.07, 6.45) is 4.96. The Balaban J connectivity index is 1.83. The molecular formula is C23H29NO. The lowest BCUT2D eigenvalue weighted by Crippen LogP contribution is -2.37. The van der Waals surface area contributed by atoms with Crippen LogP contribution in [0.3, 0.4) is 0 Å². The summed E-state index contributed by atoms with van der Waals surface area (Å²) in [6, 6.07) is 20.8. The molecule has 1 N–H and O–H groups in total. The van der Waals surface area contributed by atoms with E-state index in [-0.39, 0.29) is 23.8 Å². The molecule has 2 nitrogen and oxygen atoms in total. The Bertz CT molecular complexity index is 659. The minimum Gasteiger partial charge on any atom is -0.348 e. The monoisotopic (exact) mass is 335 g/mol. The number of carbonyl (C=O) groups excluding carboxylic acids is 1. The van der Waals surface area contributed by atoms with Crippen LogP contribution in [-0.4, -0.2) is 5.91 Å². The van der Waals surface area contributed by atoms with Gasteiger partial charge >= 0.3 is 0 Å². The Morgan fingerprint density at radius 3 is 1.92 bits per heavy atom. The molecule has 1 amide bonds. The van der Waals surface area contributed by atoms with Crippen LogP contribution in [0.25, 0.3) is 0 Å². The maximum atomic E-state index is 13.2. The third-order valence-corrected chi connectivity index (χ3v) is 5.44. The molecule has 0 spiro atoms. The van der Waals surface area contributed by atoms with Gasteiger partial charge in [-0.2, -0.15) is 0 Å². The van der Waals surface area contributed by atoms with E-state index in [2.05, 4.69) is 55.6 Å². The first kappa shape index (κ1) is 17.7. The molecule has 0 bridgehead atoms. The number of rotatable bonds is 6. The standard InChI is InChI=1S/C23H29NO/c1-17(2)21(18-11-5-3-6-12-18)23(25)24-22(20-15-9-10-16-20)19-13-7-4-8-14-19/h3-8,11-14,17,20-22H,9-10,15-16H2,1-2H3,(H,24,25)/t21-,22+/m1/s1. The van der Waals surface area contributed by atoms with Crippen molar-refractivity contribution in [1.29, 1.82) is 0 Å². The highest BCUT2D eigenvalue weighted by Crippen LogP contribution is 2.36. The second-order valence-corrected chi connectivity index (χ2v) is 7.57. The average molecular weight is 335 g/mol. The second-order valence-electron chi connectivity index (χ2n) is 7.57. The van der Waals surface area contributed by atoms with E-state index in [1.807, 2.05) is 24.3 Å². The average Bonchev–Trinajstić information content (AvgIpc) is 3.15. The molecule has 2 atom stereocenters. The smallest absolute Gasteiger partial charge is 0.228 e. The number of carbonyl (C=O) groups is 1. The normalized spacial score (nSPS) is 17.4. The summed E-state index contributed by atoms with van der Waals surface area (Å²) in [6.45, 7) is 4.26. The topological polar surface area (TPSA) is 29.1 Å². The zero-order valence-corrected chi connectivity index (χ0v) is 15.3. The fraction of sp³-hybridized carbons (Fsp3) is 0.435. The molecule has 132 valence electrons. The van der Waals surface area contributed by atoms with Crippen molar-refractivity contribution in [3.8, 4) is 0 Å². The van der Waals surface area contributed by atoms with Crippen LogP contribution in [0.15, 0.2) is 60.7 Å². The molecule has 0 aromatic heterocycles. The molecule has 0 heterocycles. The summed E-state index contributed by atoms with van der Waals surface area (Å²) < 4.78 is 0. The van der Waals surface area contributed by atoms with Gasteiger partial charge in [-0.05, 0) is 35.8 Å². The van der Waals surface area contributed by atoms with E-state index in [1.165, 1.54) is 31.2 Å². The maximum Gasteiger partial charge on any atom is 0.228 e. The van der Waals surface area contributed by atoms with E-state index in [0.717, 1.165) is 5.56 Å². The van der Waals surface area contributed by atoms with Gasteiger partial charge in [-0.3, -0.25) is 4.79 Å². The first-order valence-corrected chi connectivity index (χ1v) is 9.57. The highest BCUT2D eigenvalue weighted by Gasteiger charge is 2.31. The molecule has 1 aliphatic rings. The number of benzene rings is 2. The van der Waals surface area contributed by atoms with Crippen molar-refractivity contribution in [2.75, 3.05) is 0 Å². The van der Waals surface area contributed by atoms with Gasteiger partial charge in [0.1, 0.15) is 0 Å². The third kappa shape index (κ3) is 4.31. The zero-order chi connectivity index (χ0) is 17.6. The SMILES string of the molecule is CC(C)[C@@H](C(=O)N[C@@H](c1ccccc1)C1CCCC1)c1ccccc1. The van der Waals surface area contributed by atoms with Gasteiger partial charge in [0.15, 0.2) is 0 Å². The Hall–Kier alpha value is -2.09. The van der Waals surface area contributed by atoms with Gasteiger partial charge in [0.05, 0.1) is 12.0 Å². The molecule has 3 rings (SSSR count). The predicted molar refractivity (Wildman–Crippen MR) is 103 cm³/mol. The van der Waals surface area contributed by atoms with E-state index >= 15 is 0 Å². The van der Waals surface area contributed by atoms with Gasteiger partial charge in [0, 0.05) is 0 Å². The molecule has 0 saturated heterocycles. The van der Waals surface area contributed by atoms with Crippen molar-refractivity contribution in [3.05, 3.63) is 71.8 Å². The van der Waals surface area contributed by atoms with Gasteiger partial charge in [-0.1, -0.05) is 87.4 Å². The first-order chi connectivity index (χ1) is 12.2. The van der Waals surface area contributed by atoms with Crippen LogP contribution < -0.4 is 5.32 Å². The summed E-state index contributed by atoms with van der Waals surface area (Å²) >= 11 is 0. The van der Waals surface area contributed by atoms with Crippen LogP contribution in [0.5, 0.6) is 0 Å². The van der Waals surface area contributed by atoms with Crippen LogP contribution >= 0.6 is 0 Å². The van der Waals surface area contributed by atoms with Crippen molar-refractivity contribution < 1.29 is 4.79 Å². The molecule has 0 unspecified atom stereocenters. The highest BCUT2D eigenvalue weighted by atomic mass is 16.2. The Kier molecular flexibility index (Phi) is 5.91. The minimum absolute atomic E-state index is 0.103. The van der Waals surface area contributed by atoms with Crippen LogP contribution in [-0.2, 0) is 4.79 Å². The molecule has 0 radical (unpaired) electrons. The number of amides is 1. The molecule has 2 aromatic carbocycles. The Morgan fingerprint density at radius 2 is 1.40 bits per heavy atom. The minimum atomic E-state index is -0.103. The summed E-state index contributed by atoms with van der Waals surface area (Å²) in [4.78, 5) is 13.2. The molecule has 2 aromatic rings. The summed E-state index contributed by atoms with van der Waals surface area (Å²) in [5, 5.41) is 3.42. The Labute approximate surface area is 151 Å². The molecule has 1 fully saturated rings. The number of nitrogens with one attached hydrogen (secondary N) is 1. The number of hydrogen-bond acceptors (Lipinski definition) is 1. The van der Waals surface area contributed by atoms with E-state index in [4.69, 9.17) is 0 Å². The van der Waals surface area contributed by atoms with Crippen molar-refractivity contribution in [3.63, 3.8) is 0 Å². The van der Waals surface area contributed by atoms with Crippen LogP contribution in [0.2, 0.25) is 0 Å². The summed E-state index contributed by atoms with van der Waals surface area (Å²) in [5.41, 5.74) is 2.34. The van der Waals surface area contributed by atoms with Gasteiger partial charge in [-0.15, -0.1) is 0 Å². The number of hydrogen-bond donors (Lipinski definition) is 1. The second kappa shape index (κ2) is 8.33. The largest absolute Gasteiger partial charge is 0.348 e. The molecule has 25 heavy (non-hydrogen) atoms. The summed E-state index contributed by atoms with van der Waals surface area (Å²) in [7, 11) is 0. The lowest BCUT2D eigenvalue weighted by Gasteiger charge is -2.29. The lowest BCUT2D eigenvalue weighted by molar-refractivity contribution is -0.124. The van der Waals surface area contributed by atoms with Crippen LogP contribution in [0, 0.1) is 11.8 Å². The van der Waals surface area contributed by atoms with Crippen LogP contribution in [0.1, 0.15) is 62.6 Å². The quantitative estimate of drug-likeness (QED) is 0.744.